The van der Waals surface area contributed by atoms with Crippen molar-refractivity contribution in [3.05, 3.63) is 35.4 Å². The van der Waals surface area contributed by atoms with Crippen LogP contribution >= 0.6 is 0 Å². The summed E-state index contributed by atoms with van der Waals surface area (Å²) in [6.45, 7) is 8.43. The van der Waals surface area contributed by atoms with Gasteiger partial charge in [0.2, 0.25) is 5.91 Å². The first kappa shape index (κ1) is 19.4. The second-order valence-corrected chi connectivity index (χ2v) is 7.10. The Labute approximate surface area is 150 Å². The maximum absolute atomic E-state index is 13.0. The van der Waals surface area contributed by atoms with Crippen LogP contribution in [0.4, 0.5) is 0 Å². The Hall–Kier alpha value is -1.88. The lowest BCUT2D eigenvalue weighted by atomic mass is 9.94. The average Bonchev–Trinajstić information content (AvgIpc) is 2.95. The third kappa shape index (κ3) is 4.03. The van der Waals surface area contributed by atoms with Gasteiger partial charge in [-0.3, -0.25) is 9.59 Å². The van der Waals surface area contributed by atoms with Crippen LogP contribution in [-0.2, 0) is 11.3 Å². The summed E-state index contributed by atoms with van der Waals surface area (Å²) in [5.41, 5.74) is 1.65. The van der Waals surface area contributed by atoms with E-state index in [1.165, 1.54) is 0 Å². The van der Waals surface area contributed by atoms with Crippen molar-refractivity contribution in [2.75, 3.05) is 6.61 Å². The first-order valence-electron chi connectivity index (χ1n) is 9.24. The van der Waals surface area contributed by atoms with E-state index < -0.39 is 6.04 Å². The SMILES string of the molecule is CC[C@H](C)[C@H](CO)NC(=O)[C@H]([C@@H](C)CC)N1Cc2ccccc2C1=O. The molecule has 0 saturated heterocycles. The molecule has 0 spiro atoms. The normalized spacial score (nSPS) is 18.4. The monoisotopic (exact) mass is 346 g/mol. The molecule has 1 aromatic rings. The van der Waals surface area contributed by atoms with Gasteiger partial charge in [-0.25, -0.2) is 0 Å². The molecule has 5 heteroatoms. The summed E-state index contributed by atoms with van der Waals surface area (Å²) in [4.78, 5) is 27.5. The molecule has 0 unspecified atom stereocenters. The lowest BCUT2D eigenvalue weighted by Gasteiger charge is -2.33. The zero-order valence-electron chi connectivity index (χ0n) is 15.7. The third-order valence-corrected chi connectivity index (χ3v) is 5.49. The average molecular weight is 346 g/mol. The third-order valence-electron chi connectivity index (χ3n) is 5.49. The van der Waals surface area contributed by atoms with Gasteiger partial charge in [-0.2, -0.15) is 0 Å². The second kappa shape index (κ2) is 8.48. The molecular weight excluding hydrogens is 316 g/mol. The minimum atomic E-state index is -0.525. The van der Waals surface area contributed by atoms with Crippen molar-refractivity contribution < 1.29 is 14.7 Å². The highest BCUT2D eigenvalue weighted by atomic mass is 16.3. The quantitative estimate of drug-likeness (QED) is 0.760. The zero-order valence-corrected chi connectivity index (χ0v) is 15.7. The van der Waals surface area contributed by atoms with Gasteiger partial charge in [0.1, 0.15) is 6.04 Å². The van der Waals surface area contributed by atoms with Gasteiger partial charge in [0.25, 0.3) is 5.91 Å². The zero-order chi connectivity index (χ0) is 18.6. The summed E-state index contributed by atoms with van der Waals surface area (Å²) in [6.07, 6.45) is 1.67. The van der Waals surface area contributed by atoms with E-state index in [4.69, 9.17) is 0 Å². The number of aliphatic hydroxyl groups is 1. The number of amides is 2. The van der Waals surface area contributed by atoms with E-state index in [2.05, 4.69) is 5.32 Å². The molecule has 2 rings (SSSR count). The fraction of sp³-hybridized carbons (Fsp3) is 0.600. The number of carbonyl (C=O) groups excluding carboxylic acids is 2. The fourth-order valence-electron chi connectivity index (χ4n) is 3.35. The molecule has 25 heavy (non-hydrogen) atoms. The van der Waals surface area contributed by atoms with Crippen LogP contribution in [0.2, 0.25) is 0 Å². The number of carbonyl (C=O) groups is 2. The molecule has 138 valence electrons. The van der Waals surface area contributed by atoms with Crippen LogP contribution in [0.1, 0.15) is 56.5 Å². The Morgan fingerprint density at radius 2 is 1.84 bits per heavy atom. The van der Waals surface area contributed by atoms with E-state index in [-0.39, 0.29) is 36.3 Å². The molecule has 1 aliphatic heterocycles. The molecule has 1 aromatic carbocycles. The van der Waals surface area contributed by atoms with Crippen molar-refractivity contribution in [3.63, 3.8) is 0 Å². The van der Waals surface area contributed by atoms with Crippen LogP contribution < -0.4 is 5.32 Å². The van der Waals surface area contributed by atoms with Crippen LogP contribution in [-0.4, -0.2) is 40.5 Å². The summed E-state index contributed by atoms with van der Waals surface area (Å²) in [5.74, 6) is -0.0393. The number of benzene rings is 1. The van der Waals surface area contributed by atoms with Gasteiger partial charge in [0.15, 0.2) is 0 Å². The summed E-state index contributed by atoms with van der Waals surface area (Å²) in [7, 11) is 0. The summed E-state index contributed by atoms with van der Waals surface area (Å²) < 4.78 is 0. The van der Waals surface area contributed by atoms with Crippen LogP contribution in [0.3, 0.4) is 0 Å². The van der Waals surface area contributed by atoms with E-state index >= 15 is 0 Å². The standard InChI is InChI=1S/C20H30N2O3/c1-5-13(3)17(12-23)21-19(24)18(14(4)6-2)22-11-15-9-7-8-10-16(15)20(22)25/h7-10,13-14,17-18,23H,5-6,11-12H2,1-4H3,(H,21,24)/t13-,14-,17-,18-/m0/s1. The van der Waals surface area contributed by atoms with E-state index in [0.717, 1.165) is 18.4 Å². The summed E-state index contributed by atoms with van der Waals surface area (Å²) in [6, 6.07) is 6.71. The lowest BCUT2D eigenvalue weighted by molar-refractivity contribution is -0.129. The van der Waals surface area contributed by atoms with Crippen LogP contribution in [0.5, 0.6) is 0 Å². The highest BCUT2D eigenvalue weighted by molar-refractivity contribution is 6.01. The van der Waals surface area contributed by atoms with Crippen molar-refractivity contribution in [2.24, 2.45) is 11.8 Å². The molecule has 4 atom stereocenters. The number of nitrogens with zero attached hydrogens (tertiary/aromatic N) is 1. The predicted molar refractivity (Wildman–Crippen MR) is 98.0 cm³/mol. The number of aliphatic hydroxyl groups excluding tert-OH is 1. The Bertz CT molecular complexity index is 617. The van der Waals surface area contributed by atoms with Crippen molar-refractivity contribution in [2.45, 2.75) is 59.2 Å². The molecular formula is C20H30N2O3. The lowest BCUT2D eigenvalue weighted by Crippen LogP contribution is -2.54. The molecule has 0 bridgehead atoms. The number of fused-ring (bicyclic) bond motifs is 1. The Morgan fingerprint density at radius 3 is 2.40 bits per heavy atom. The van der Waals surface area contributed by atoms with Crippen molar-refractivity contribution in [1.29, 1.82) is 0 Å². The van der Waals surface area contributed by atoms with Gasteiger partial charge in [-0.15, -0.1) is 0 Å². The van der Waals surface area contributed by atoms with E-state index in [0.29, 0.717) is 12.1 Å². The maximum Gasteiger partial charge on any atom is 0.255 e. The van der Waals surface area contributed by atoms with E-state index in [9.17, 15) is 14.7 Å². The molecule has 2 N–H and O–H groups in total. The van der Waals surface area contributed by atoms with Crippen molar-refractivity contribution in [1.82, 2.24) is 10.2 Å². The van der Waals surface area contributed by atoms with E-state index in [1.807, 2.05) is 52.0 Å². The van der Waals surface area contributed by atoms with Crippen molar-refractivity contribution >= 4 is 11.8 Å². The van der Waals surface area contributed by atoms with E-state index in [1.54, 1.807) is 4.90 Å². The molecule has 0 radical (unpaired) electrons. The number of nitrogens with one attached hydrogen (secondary N) is 1. The number of rotatable bonds is 8. The molecule has 1 aliphatic rings. The largest absolute Gasteiger partial charge is 0.394 e. The Morgan fingerprint density at radius 1 is 1.20 bits per heavy atom. The Kier molecular flexibility index (Phi) is 6.59. The van der Waals surface area contributed by atoms with Gasteiger partial charge in [-0.05, 0) is 23.5 Å². The molecule has 0 fully saturated rings. The first-order chi connectivity index (χ1) is 11.9. The predicted octanol–water partition coefficient (Wildman–Crippen LogP) is 2.58. The van der Waals surface area contributed by atoms with Gasteiger partial charge in [0, 0.05) is 12.1 Å². The van der Waals surface area contributed by atoms with Gasteiger partial charge >= 0.3 is 0 Å². The minimum absolute atomic E-state index is 0.0366. The molecule has 2 amide bonds. The van der Waals surface area contributed by atoms with Crippen LogP contribution in [0.25, 0.3) is 0 Å². The summed E-state index contributed by atoms with van der Waals surface area (Å²) in [5, 5.41) is 12.6. The van der Waals surface area contributed by atoms with Crippen LogP contribution in [0, 0.1) is 11.8 Å². The first-order valence-corrected chi connectivity index (χ1v) is 9.24. The summed E-state index contributed by atoms with van der Waals surface area (Å²) >= 11 is 0. The molecule has 0 aromatic heterocycles. The molecule has 0 saturated carbocycles. The van der Waals surface area contributed by atoms with Crippen LogP contribution in [0.15, 0.2) is 24.3 Å². The Balaban J connectivity index is 2.23. The second-order valence-electron chi connectivity index (χ2n) is 7.10. The number of hydrogen-bond acceptors (Lipinski definition) is 3. The smallest absolute Gasteiger partial charge is 0.255 e. The molecule has 0 aliphatic carbocycles. The van der Waals surface area contributed by atoms with Gasteiger partial charge < -0.3 is 15.3 Å². The van der Waals surface area contributed by atoms with Gasteiger partial charge in [-0.1, -0.05) is 58.7 Å². The number of hydrogen-bond donors (Lipinski definition) is 2. The fourth-order valence-corrected chi connectivity index (χ4v) is 3.35. The molecule has 5 nitrogen and oxygen atoms in total. The molecule has 1 heterocycles. The highest BCUT2D eigenvalue weighted by Gasteiger charge is 2.39. The van der Waals surface area contributed by atoms with Crippen molar-refractivity contribution in [3.8, 4) is 0 Å². The highest BCUT2D eigenvalue weighted by Crippen LogP contribution is 2.28. The minimum Gasteiger partial charge on any atom is -0.394 e. The topological polar surface area (TPSA) is 69.6 Å². The van der Waals surface area contributed by atoms with Gasteiger partial charge in [0.05, 0.1) is 12.6 Å². The maximum atomic E-state index is 13.0.